The highest BCUT2D eigenvalue weighted by Gasteiger charge is 2.06. The van der Waals surface area contributed by atoms with Gasteiger partial charge in [0.2, 0.25) is 5.95 Å². The van der Waals surface area contributed by atoms with Gasteiger partial charge in [0.25, 0.3) is 0 Å². The van der Waals surface area contributed by atoms with Crippen molar-refractivity contribution in [3.63, 3.8) is 0 Å². The predicted octanol–water partition coefficient (Wildman–Crippen LogP) is 2.96. The lowest BCUT2D eigenvalue weighted by Crippen LogP contribution is -2.12. The number of aromatic nitrogens is 2. The SMILES string of the molecule is NNc1ncc(Br)c(NCc2sccc2Br)n1. The summed E-state index contributed by atoms with van der Waals surface area (Å²) in [5, 5.41) is 5.25. The fourth-order valence-electron chi connectivity index (χ4n) is 1.18. The number of anilines is 2. The van der Waals surface area contributed by atoms with Crippen molar-refractivity contribution in [2.24, 2.45) is 5.84 Å². The largest absolute Gasteiger partial charge is 0.364 e. The maximum Gasteiger partial charge on any atom is 0.239 e. The Kier molecular flexibility index (Phi) is 4.32. The van der Waals surface area contributed by atoms with Crippen molar-refractivity contribution in [1.82, 2.24) is 9.97 Å². The molecule has 0 amide bonds. The molecule has 2 aromatic rings. The van der Waals surface area contributed by atoms with Crippen molar-refractivity contribution >= 4 is 55.0 Å². The van der Waals surface area contributed by atoms with Crippen LogP contribution in [0.5, 0.6) is 0 Å². The van der Waals surface area contributed by atoms with Gasteiger partial charge in [0, 0.05) is 15.5 Å². The van der Waals surface area contributed by atoms with Crippen LogP contribution in [0.4, 0.5) is 11.8 Å². The number of hydrazine groups is 1. The maximum atomic E-state index is 5.26. The van der Waals surface area contributed by atoms with Crippen LogP contribution in [0.25, 0.3) is 0 Å². The van der Waals surface area contributed by atoms with Gasteiger partial charge in [0.1, 0.15) is 5.82 Å². The van der Waals surface area contributed by atoms with Gasteiger partial charge < -0.3 is 5.32 Å². The smallest absolute Gasteiger partial charge is 0.239 e. The number of hydrogen-bond donors (Lipinski definition) is 3. The van der Waals surface area contributed by atoms with Crippen LogP contribution in [0.2, 0.25) is 0 Å². The van der Waals surface area contributed by atoms with Crippen LogP contribution in [-0.2, 0) is 6.54 Å². The predicted molar refractivity (Wildman–Crippen MR) is 76.9 cm³/mol. The third-order valence-electron chi connectivity index (χ3n) is 1.98. The molecule has 0 spiro atoms. The summed E-state index contributed by atoms with van der Waals surface area (Å²) in [6.07, 6.45) is 1.65. The van der Waals surface area contributed by atoms with Crippen molar-refractivity contribution in [3.05, 3.63) is 31.5 Å². The van der Waals surface area contributed by atoms with Crippen LogP contribution in [-0.4, -0.2) is 9.97 Å². The molecule has 0 bridgehead atoms. The Morgan fingerprint density at radius 1 is 1.35 bits per heavy atom. The van der Waals surface area contributed by atoms with Crippen LogP contribution < -0.4 is 16.6 Å². The number of nitrogen functional groups attached to an aromatic ring is 1. The van der Waals surface area contributed by atoms with Crippen molar-refractivity contribution < 1.29 is 0 Å². The van der Waals surface area contributed by atoms with E-state index in [1.807, 2.05) is 11.4 Å². The molecule has 0 fully saturated rings. The van der Waals surface area contributed by atoms with Gasteiger partial charge in [-0.15, -0.1) is 11.3 Å². The Morgan fingerprint density at radius 2 is 2.18 bits per heavy atom. The molecule has 0 atom stereocenters. The molecule has 5 nitrogen and oxygen atoms in total. The molecular formula is C9H9Br2N5S. The summed E-state index contributed by atoms with van der Waals surface area (Å²) < 4.78 is 1.89. The molecule has 17 heavy (non-hydrogen) atoms. The second-order valence-corrected chi connectivity index (χ2v) is 5.79. The van der Waals surface area contributed by atoms with Crippen LogP contribution >= 0.6 is 43.2 Å². The molecule has 2 aromatic heterocycles. The van der Waals surface area contributed by atoms with Gasteiger partial charge in [-0.3, -0.25) is 5.43 Å². The van der Waals surface area contributed by atoms with E-state index < -0.39 is 0 Å². The minimum atomic E-state index is 0.376. The second-order valence-electron chi connectivity index (χ2n) is 3.08. The van der Waals surface area contributed by atoms with Crippen LogP contribution in [0.3, 0.4) is 0 Å². The highest BCUT2D eigenvalue weighted by molar-refractivity contribution is 9.11. The molecule has 0 aliphatic heterocycles. The summed E-state index contributed by atoms with van der Waals surface area (Å²) in [7, 11) is 0. The quantitative estimate of drug-likeness (QED) is 0.563. The van der Waals surface area contributed by atoms with E-state index >= 15 is 0 Å². The van der Waals surface area contributed by atoms with Gasteiger partial charge >= 0.3 is 0 Å². The maximum absolute atomic E-state index is 5.26. The minimum Gasteiger partial charge on any atom is -0.364 e. The fourth-order valence-corrected chi connectivity index (χ4v) is 2.94. The van der Waals surface area contributed by atoms with E-state index in [0.29, 0.717) is 18.3 Å². The molecule has 0 radical (unpaired) electrons. The van der Waals surface area contributed by atoms with E-state index in [2.05, 4.69) is 52.6 Å². The summed E-state index contributed by atoms with van der Waals surface area (Å²) in [5.74, 6) is 6.34. The second kappa shape index (κ2) is 5.76. The number of thiophene rings is 1. The molecule has 0 aliphatic carbocycles. The first-order chi connectivity index (χ1) is 8.20. The summed E-state index contributed by atoms with van der Waals surface area (Å²) in [6, 6.07) is 2.02. The molecule has 0 aromatic carbocycles. The molecule has 8 heteroatoms. The van der Waals surface area contributed by atoms with Crippen LogP contribution in [0, 0.1) is 0 Å². The normalized spacial score (nSPS) is 10.3. The number of nitrogens with one attached hydrogen (secondary N) is 2. The molecule has 2 rings (SSSR count). The number of nitrogens with two attached hydrogens (primary N) is 1. The number of nitrogens with zero attached hydrogens (tertiary/aromatic N) is 2. The van der Waals surface area contributed by atoms with Crippen molar-refractivity contribution in [3.8, 4) is 0 Å². The molecule has 0 saturated heterocycles. The minimum absolute atomic E-state index is 0.376. The topological polar surface area (TPSA) is 75.9 Å². The third-order valence-corrected chi connectivity index (χ3v) is 4.49. The average Bonchev–Trinajstić information content (AvgIpc) is 2.74. The lowest BCUT2D eigenvalue weighted by Gasteiger charge is -2.08. The molecule has 0 saturated carbocycles. The fraction of sp³-hybridized carbons (Fsp3) is 0.111. The van der Waals surface area contributed by atoms with Gasteiger partial charge in [0.15, 0.2) is 0 Å². The Bertz CT molecular complexity index is 516. The zero-order chi connectivity index (χ0) is 12.3. The number of hydrogen-bond acceptors (Lipinski definition) is 6. The molecular weight excluding hydrogens is 370 g/mol. The van der Waals surface area contributed by atoms with Crippen molar-refractivity contribution in [2.45, 2.75) is 6.54 Å². The van der Waals surface area contributed by atoms with Gasteiger partial charge in [0.05, 0.1) is 11.0 Å². The molecule has 4 N–H and O–H groups in total. The van der Waals surface area contributed by atoms with Crippen molar-refractivity contribution in [2.75, 3.05) is 10.7 Å². The summed E-state index contributed by atoms with van der Waals surface area (Å²) in [5.41, 5.74) is 2.41. The van der Waals surface area contributed by atoms with Crippen LogP contribution in [0.15, 0.2) is 26.6 Å². The highest BCUT2D eigenvalue weighted by Crippen LogP contribution is 2.25. The molecule has 0 unspecified atom stereocenters. The summed E-state index contributed by atoms with van der Waals surface area (Å²) in [6.45, 7) is 0.692. The first-order valence-corrected chi connectivity index (χ1v) is 7.12. The first kappa shape index (κ1) is 12.7. The van der Waals surface area contributed by atoms with E-state index in [4.69, 9.17) is 5.84 Å². The molecule has 2 heterocycles. The standard InChI is InChI=1S/C9H9Br2N5S/c10-5-1-2-17-7(5)4-13-8-6(11)3-14-9(15-8)16-12/h1-3H,4,12H2,(H2,13,14,15,16). The van der Waals surface area contributed by atoms with E-state index in [9.17, 15) is 0 Å². The van der Waals surface area contributed by atoms with Gasteiger partial charge in [-0.05, 0) is 43.3 Å². The zero-order valence-corrected chi connectivity index (χ0v) is 12.6. The Balaban J connectivity index is 2.11. The average molecular weight is 379 g/mol. The van der Waals surface area contributed by atoms with E-state index in [0.717, 1.165) is 8.95 Å². The highest BCUT2D eigenvalue weighted by atomic mass is 79.9. The van der Waals surface area contributed by atoms with Crippen LogP contribution in [0.1, 0.15) is 4.88 Å². The Labute approximate surface area is 119 Å². The lowest BCUT2D eigenvalue weighted by molar-refractivity contribution is 1.07. The lowest BCUT2D eigenvalue weighted by atomic mass is 10.4. The zero-order valence-electron chi connectivity index (χ0n) is 8.58. The Morgan fingerprint density at radius 3 is 2.82 bits per heavy atom. The summed E-state index contributed by atoms with van der Waals surface area (Å²) in [4.78, 5) is 9.39. The summed E-state index contributed by atoms with van der Waals surface area (Å²) >= 11 is 8.53. The van der Waals surface area contributed by atoms with E-state index in [1.54, 1.807) is 17.5 Å². The molecule has 0 aliphatic rings. The number of halogens is 2. The van der Waals surface area contributed by atoms with Gasteiger partial charge in [-0.25, -0.2) is 10.8 Å². The van der Waals surface area contributed by atoms with E-state index in [-0.39, 0.29) is 0 Å². The van der Waals surface area contributed by atoms with Crippen molar-refractivity contribution in [1.29, 1.82) is 0 Å². The van der Waals surface area contributed by atoms with Gasteiger partial charge in [-0.2, -0.15) is 4.98 Å². The monoisotopic (exact) mass is 377 g/mol. The van der Waals surface area contributed by atoms with E-state index in [1.165, 1.54) is 4.88 Å². The number of rotatable bonds is 4. The first-order valence-electron chi connectivity index (χ1n) is 4.65. The molecule has 90 valence electrons. The Hall–Kier alpha value is -0.700. The third kappa shape index (κ3) is 3.15. The van der Waals surface area contributed by atoms with Gasteiger partial charge in [-0.1, -0.05) is 0 Å².